The van der Waals surface area contributed by atoms with E-state index in [1.807, 2.05) is 36.4 Å². The van der Waals surface area contributed by atoms with Crippen LogP contribution in [0.15, 0.2) is 42.5 Å². The Morgan fingerprint density at radius 3 is 2.60 bits per heavy atom. The Labute approximate surface area is 97.3 Å². The van der Waals surface area contributed by atoms with Gasteiger partial charge >= 0.3 is 4.51 Å². The average Bonchev–Trinajstić information content (AvgIpc) is 2.26. The molecule has 15 heavy (non-hydrogen) atoms. The van der Waals surface area contributed by atoms with E-state index in [2.05, 4.69) is 17.1 Å². The van der Waals surface area contributed by atoms with Crippen molar-refractivity contribution in [2.75, 3.05) is 0 Å². The van der Waals surface area contributed by atoms with Crippen LogP contribution in [0.1, 0.15) is 0 Å². The van der Waals surface area contributed by atoms with Crippen LogP contribution in [0.5, 0.6) is 5.75 Å². The van der Waals surface area contributed by atoms with Gasteiger partial charge in [0.2, 0.25) is 0 Å². The van der Waals surface area contributed by atoms with Crippen molar-refractivity contribution in [2.45, 2.75) is 0 Å². The molecular weight excluding hydrogens is 232 g/mol. The van der Waals surface area contributed by atoms with Gasteiger partial charge in [0, 0.05) is 5.39 Å². The van der Waals surface area contributed by atoms with Crippen molar-refractivity contribution in [3.63, 3.8) is 0 Å². The number of hydrogen-bond acceptors (Lipinski definition) is 3. The van der Waals surface area contributed by atoms with Gasteiger partial charge in [0.25, 0.3) is 0 Å². The topological polar surface area (TPSA) is 18.5 Å². The summed E-state index contributed by atoms with van der Waals surface area (Å²) < 4.78 is -0.164. The highest BCUT2D eigenvalue weighted by Crippen LogP contribution is 2.25. The third-order valence-electron chi connectivity index (χ3n) is 1.95. The number of rotatable bonds is 2. The van der Waals surface area contributed by atoms with Gasteiger partial charge in [-0.3, -0.25) is 9.78 Å². The van der Waals surface area contributed by atoms with Crippen LogP contribution >= 0.6 is 23.8 Å². The number of hydrogen-bond donors (Lipinski definition) is 0. The third kappa shape index (κ3) is 2.37. The molecule has 0 bridgehead atoms. The molecule has 0 spiro atoms. The van der Waals surface area contributed by atoms with E-state index in [0.717, 1.165) is 10.8 Å². The Kier molecular flexibility index (Phi) is 3.04. The predicted molar refractivity (Wildman–Crippen MR) is 64.1 cm³/mol. The zero-order valence-electron chi connectivity index (χ0n) is 7.64. The fourth-order valence-electron chi connectivity index (χ4n) is 1.35. The SMILES string of the molecule is S=C(Cl)OOc1cccc2ccccc12. The van der Waals surface area contributed by atoms with Crippen molar-refractivity contribution in [1.82, 2.24) is 0 Å². The molecule has 0 aliphatic rings. The zero-order valence-corrected chi connectivity index (χ0v) is 9.22. The quantitative estimate of drug-likeness (QED) is 0.344. The normalized spacial score (nSPS) is 9.93. The van der Waals surface area contributed by atoms with E-state index in [-0.39, 0.29) is 4.51 Å². The zero-order chi connectivity index (χ0) is 10.7. The molecule has 2 rings (SSSR count). The van der Waals surface area contributed by atoms with Crippen molar-refractivity contribution in [3.8, 4) is 5.75 Å². The summed E-state index contributed by atoms with van der Waals surface area (Å²) in [5.41, 5.74) is 0. The minimum absolute atomic E-state index is 0.164. The minimum Gasteiger partial charge on any atom is -0.288 e. The van der Waals surface area contributed by atoms with Crippen LogP contribution < -0.4 is 4.89 Å². The third-order valence-corrected chi connectivity index (χ3v) is 2.08. The fraction of sp³-hybridized carbons (Fsp3) is 0. The molecule has 0 radical (unpaired) electrons. The highest BCUT2D eigenvalue weighted by Gasteiger charge is 2.02. The maximum Gasteiger partial charge on any atom is 0.310 e. The summed E-state index contributed by atoms with van der Waals surface area (Å²) in [5, 5.41) is 2.02. The smallest absolute Gasteiger partial charge is 0.288 e. The first-order valence-corrected chi connectivity index (χ1v) is 5.08. The lowest BCUT2D eigenvalue weighted by Gasteiger charge is -2.05. The van der Waals surface area contributed by atoms with Crippen molar-refractivity contribution in [2.24, 2.45) is 0 Å². The van der Waals surface area contributed by atoms with E-state index in [1.165, 1.54) is 0 Å². The molecule has 0 aliphatic heterocycles. The van der Waals surface area contributed by atoms with Gasteiger partial charge in [-0.15, -0.1) is 0 Å². The van der Waals surface area contributed by atoms with Gasteiger partial charge in [0.1, 0.15) is 0 Å². The molecule has 4 heteroatoms. The summed E-state index contributed by atoms with van der Waals surface area (Å²) >= 11 is 9.90. The summed E-state index contributed by atoms with van der Waals surface area (Å²) in [6, 6.07) is 13.5. The monoisotopic (exact) mass is 238 g/mol. The highest BCUT2D eigenvalue weighted by molar-refractivity contribution is 7.82. The maximum absolute atomic E-state index is 5.36. The summed E-state index contributed by atoms with van der Waals surface area (Å²) in [5.74, 6) is 0.594. The van der Waals surface area contributed by atoms with Crippen LogP contribution in [0.25, 0.3) is 10.8 Å². The number of thiocarbonyl (C=S) groups is 1. The van der Waals surface area contributed by atoms with Crippen molar-refractivity contribution in [3.05, 3.63) is 42.5 Å². The molecule has 76 valence electrons. The van der Waals surface area contributed by atoms with Crippen molar-refractivity contribution in [1.29, 1.82) is 0 Å². The lowest BCUT2D eigenvalue weighted by Crippen LogP contribution is -1.98. The van der Waals surface area contributed by atoms with Crippen molar-refractivity contribution < 1.29 is 9.78 Å². The molecule has 0 saturated carbocycles. The van der Waals surface area contributed by atoms with Crippen LogP contribution in [0.3, 0.4) is 0 Å². The minimum atomic E-state index is -0.164. The van der Waals surface area contributed by atoms with E-state index in [1.54, 1.807) is 6.07 Å². The summed E-state index contributed by atoms with van der Waals surface area (Å²) in [6.07, 6.45) is 0. The Hall–Kier alpha value is -1.32. The molecule has 0 heterocycles. The van der Waals surface area contributed by atoms with Crippen LogP contribution in [0.4, 0.5) is 0 Å². The molecule has 0 aliphatic carbocycles. The van der Waals surface area contributed by atoms with E-state index in [4.69, 9.17) is 16.5 Å². The number of benzene rings is 2. The molecular formula is C11H7ClO2S. The van der Waals surface area contributed by atoms with E-state index >= 15 is 0 Å². The molecule has 0 saturated heterocycles. The highest BCUT2D eigenvalue weighted by atomic mass is 35.5. The predicted octanol–water partition coefficient (Wildman–Crippen LogP) is 3.67. The van der Waals surface area contributed by atoms with E-state index in [9.17, 15) is 0 Å². The number of halogens is 1. The van der Waals surface area contributed by atoms with Gasteiger partial charge in [-0.05, 0) is 35.3 Å². The van der Waals surface area contributed by atoms with E-state index in [0.29, 0.717) is 5.75 Å². The van der Waals surface area contributed by atoms with Gasteiger partial charge in [-0.2, -0.15) is 0 Å². The summed E-state index contributed by atoms with van der Waals surface area (Å²) in [4.78, 5) is 9.64. The lowest BCUT2D eigenvalue weighted by atomic mass is 10.1. The molecule has 0 atom stereocenters. The Morgan fingerprint density at radius 1 is 1.07 bits per heavy atom. The van der Waals surface area contributed by atoms with Crippen LogP contribution in [-0.2, 0) is 4.89 Å². The fourth-order valence-corrected chi connectivity index (χ4v) is 1.41. The Balaban J connectivity index is 2.38. The van der Waals surface area contributed by atoms with Gasteiger partial charge in [-0.1, -0.05) is 36.4 Å². The Morgan fingerprint density at radius 2 is 1.80 bits per heavy atom. The Bertz CT molecular complexity index is 493. The van der Waals surface area contributed by atoms with Gasteiger partial charge in [-0.25, -0.2) is 0 Å². The molecule has 0 N–H and O–H groups in total. The standard InChI is InChI=1S/C11H7ClO2S/c12-11(15)14-13-10-7-3-5-8-4-1-2-6-9(8)10/h1-7H. The average molecular weight is 239 g/mol. The molecule has 2 aromatic rings. The first-order valence-electron chi connectivity index (χ1n) is 4.29. The van der Waals surface area contributed by atoms with Crippen LogP contribution in [0.2, 0.25) is 0 Å². The van der Waals surface area contributed by atoms with E-state index < -0.39 is 0 Å². The maximum atomic E-state index is 5.36. The second-order valence-corrected chi connectivity index (χ2v) is 3.82. The molecule has 2 nitrogen and oxygen atoms in total. The van der Waals surface area contributed by atoms with Gasteiger partial charge in [0.05, 0.1) is 0 Å². The lowest BCUT2D eigenvalue weighted by molar-refractivity contribution is -0.108. The largest absolute Gasteiger partial charge is 0.310 e. The first kappa shape index (κ1) is 10.2. The first-order chi connectivity index (χ1) is 7.27. The second-order valence-electron chi connectivity index (χ2n) is 2.88. The second kappa shape index (κ2) is 4.47. The van der Waals surface area contributed by atoms with Gasteiger partial charge in [0.15, 0.2) is 5.75 Å². The summed E-state index contributed by atoms with van der Waals surface area (Å²) in [6.45, 7) is 0. The van der Waals surface area contributed by atoms with Gasteiger partial charge < -0.3 is 0 Å². The van der Waals surface area contributed by atoms with Crippen LogP contribution in [-0.4, -0.2) is 4.51 Å². The molecule has 0 amide bonds. The van der Waals surface area contributed by atoms with Crippen molar-refractivity contribution >= 4 is 39.1 Å². The number of fused-ring (bicyclic) bond motifs is 1. The summed E-state index contributed by atoms with van der Waals surface area (Å²) in [7, 11) is 0. The van der Waals surface area contributed by atoms with Crippen LogP contribution in [0, 0.1) is 0 Å². The molecule has 0 unspecified atom stereocenters. The molecule has 0 aromatic heterocycles. The molecule has 0 fully saturated rings. The molecule has 2 aromatic carbocycles.